The number of aromatic nitrogens is 2. The van der Waals surface area contributed by atoms with E-state index < -0.39 is 28.5 Å². The van der Waals surface area contributed by atoms with Gasteiger partial charge in [0.15, 0.2) is 24.8 Å². The van der Waals surface area contributed by atoms with Crippen molar-refractivity contribution < 1.29 is 38.1 Å². The summed E-state index contributed by atoms with van der Waals surface area (Å²) in [6.07, 6.45) is 5.22. The molecule has 0 saturated carbocycles. The van der Waals surface area contributed by atoms with E-state index in [1.165, 1.54) is 53.2 Å². The maximum Gasteiger partial charge on any atom is 0.352 e. The Balaban J connectivity index is 1.84. The van der Waals surface area contributed by atoms with Gasteiger partial charge in [-0.25, -0.2) is 9.36 Å². The first-order chi connectivity index (χ1) is 16.7. The highest BCUT2D eigenvalue weighted by Gasteiger charge is 2.51. The molecule has 182 valence electrons. The van der Waals surface area contributed by atoms with E-state index >= 15 is 0 Å². The second-order valence-electron chi connectivity index (χ2n) is 7.38. The highest BCUT2D eigenvalue weighted by molar-refractivity contribution is 8.01. The molecule has 0 bridgehead atoms. The fourth-order valence-corrected chi connectivity index (χ4v) is 5.26. The molecule has 0 aliphatic carbocycles. The van der Waals surface area contributed by atoms with Gasteiger partial charge in [-0.1, -0.05) is 5.16 Å². The topological polar surface area (TPSA) is 199 Å². The third kappa shape index (κ3) is 4.52. The molecule has 1 fully saturated rings. The summed E-state index contributed by atoms with van der Waals surface area (Å²) in [5, 5.41) is 12.1. The van der Waals surface area contributed by atoms with E-state index in [9.17, 15) is 24.3 Å². The van der Waals surface area contributed by atoms with E-state index in [1.807, 2.05) is 0 Å². The van der Waals surface area contributed by atoms with Gasteiger partial charge in [-0.15, -0.1) is 11.8 Å². The van der Waals surface area contributed by atoms with Gasteiger partial charge in [0.1, 0.15) is 30.7 Å². The number of carboxylic acids is 1. The Morgan fingerprint density at radius 3 is 2.69 bits per heavy atom. The van der Waals surface area contributed by atoms with Gasteiger partial charge in [0, 0.05) is 12.1 Å². The lowest BCUT2D eigenvalue weighted by Gasteiger charge is -2.47. The molecule has 4 rings (SSSR count). The monoisotopic (exact) mass is 502 g/mol. The maximum atomic E-state index is 13.1. The minimum Gasteiger partial charge on any atom is -0.477 e. The summed E-state index contributed by atoms with van der Waals surface area (Å²) in [6.45, 7) is -0.0482. The van der Waals surface area contributed by atoms with Crippen LogP contribution in [0.25, 0.3) is 0 Å². The highest BCUT2D eigenvalue weighted by Crippen LogP contribution is 2.46. The molecule has 1 saturated heterocycles. The Morgan fingerprint density at radius 1 is 1.43 bits per heavy atom. The van der Waals surface area contributed by atoms with Gasteiger partial charge >= 0.3 is 5.97 Å². The Hall–Kier alpha value is -4.40. The summed E-state index contributed by atoms with van der Waals surface area (Å²) in [5.74, 6) is -2.98. The largest absolute Gasteiger partial charge is 0.477 e. The van der Waals surface area contributed by atoms with Crippen LogP contribution in [0.5, 0.6) is 0 Å². The third-order valence-corrected chi connectivity index (χ3v) is 6.71. The van der Waals surface area contributed by atoms with Crippen molar-refractivity contribution in [2.24, 2.45) is 10.9 Å². The number of oxazole rings is 1. The van der Waals surface area contributed by atoms with Crippen molar-refractivity contribution in [3.05, 3.63) is 47.6 Å². The average molecular weight is 502 g/mol. The molecule has 14 nitrogen and oxygen atoms in total. The van der Waals surface area contributed by atoms with Gasteiger partial charge in [-0.05, 0) is 0 Å². The Morgan fingerprint density at radius 2 is 2.14 bits per heavy atom. The zero-order valence-corrected chi connectivity index (χ0v) is 19.0. The number of aliphatic carboxylic acids is 1. The Bertz CT molecular complexity index is 1260. The predicted molar refractivity (Wildman–Crippen MR) is 120 cm³/mol. The van der Waals surface area contributed by atoms with E-state index in [1.54, 1.807) is 4.57 Å². The van der Waals surface area contributed by atoms with Crippen molar-refractivity contribution in [2.75, 3.05) is 17.7 Å². The molecule has 0 aromatic carbocycles. The van der Waals surface area contributed by atoms with E-state index in [-0.39, 0.29) is 47.5 Å². The lowest BCUT2D eigenvalue weighted by molar-refractivity contribution is -0.689. The molecule has 0 radical (unpaired) electrons. The van der Waals surface area contributed by atoms with Crippen LogP contribution in [-0.4, -0.2) is 62.8 Å². The number of primary amides is 1. The van der Waals surface area contributed by atoms with Crippen LogP contribution < -0.4 is 20.9 Å². The lowest BCUT2D eigenvalue weighted by Crippen LogP contribution is -2.59. The van der Waals surface area contributed by atoms with Crippen LogP contribution >= 0.6 is 11.8 Å². The Labute approximate surface area is 201 Å². The lowest BCUT2D eigenvalue weighted by atomic mass is 10.1. The molecule has 5 N–H and O–H groups in total. The van der Waals surface area contributed by atoms with Crippen LogP contribution in [-0.2, 0) is 25.8 Å². The molecule has 1 unspecified atom stereocenters. The van der Waals surface area contributed by atoms with Crippen LogP contribution in [0.15, 0.2) is 51.6 Å². The first-order valence-corrected chi connectivity index (χ1v) is 11.0. The fourth-order valence-electron chi connectivity index (χ4n) is 3.70. The van der Waals surface area contributed by atoms with Crippen LogP contribution in [0.4, 0.5) is 11.8 Å². The number of thioether (sulfide) groups is 1. The van der Waals surface area contributed by atoms with Crippen LogP contribution in [0, 0.1) is 0 Å². The van der Waals surface area contributed by atoms with Crippen LogP contribution in [0.3, 0.4) is 0 Å². The van der Waals surface area contributed by atoms with Crippen LogP contribution in [0.2, 0.25) is 0 Å². The Kier molecular flexibility index (Phi) is 6.42. The maximum absolute atomic E-state index is 13.1. The second-order valence-corrected chi connectivity index (χ2v) is 8.65. The van der Waals surface area contributed by atoms with E-state index in [2.05, 4.69) is 15.0 Å². The van der Waals surface area contributed by atoms with Crippen molar-refractivity contribution in [2.45, 2.75) is 23.7 Å². The van der Waals surface area contributed by atoms with Crippen LogP contribution in [0.1, 0.15) is 16.8 Å². The number of carbonyl (C=O) groups is 4. The molecule has 2 aromatic rings. The number of pyridine rings is 1. The summed E-state index contributed by atoms with van der Waals surface area (Å²) in [5.41, 5.74) is 11.1. The predicted octanol–water partition coefficient (Wildman–Crippen LogP) is -0.721. The minimum absolute atomic E-state index is 0.0166. The highest BCUT2D eigenvalue weighted by atomic mass is 32.2. The van der Waals surface area contributed by atoms with Gasteiger partial charge in [0.05, 0.1) is 22.9 Å². The fraction of sp³-hybridized carbons (Fsp3) is 0.250. The third-order valence-electron chi connectivity index (χ3n) is 5.26. The van der Waals surface area contributed by atoms with E-state index in [4.69, 9.17) is 15.9 Å². The number of amides is 3. The number of carbonyl (C=O) groups excluding carboxylic acids is 3. The zero-order chi connectivity index (χ0) is 25.3. The molecular weight excluding hydrogens is 482 g/mol. The first kappa shape index (κ1) is 23.7. The SMILES string of the molecule is CON=CC(=O)N(c1coc(N)n1)C1S[C@H]2CC(=O)N2C(C(=O)O)=C1C[n+]1ccc(C(N)=O)cc1. The number of β-lactam (4-membered cyclic amide) rings is 1. The standard InChI is InChI=1S/C20H19N7O7S/c1-33-23-7-14(29)26(12-9-34-20(22)24-12)18-11(8-25-4-2-10(3-5-25)17(21)30)16(19(31)32)27-13(28)6-15(27)35-18/h2-5,7,9,15,18H,6,8H2,1H3,(H4-,21,22,24,30,31,32)/p+1/t15-,18?/m0/s1. The summed E-state index contributed by atoms with van der Waals surface area (Å²) in [4.78, 5) is 60.2. The number of nitrogens with two attached hydrogens (primary N) is 2. The minimum atomic E-state index is -1.34. The van der Waals surface area contributed by atoms with Crippen molar-refractivity contribution in [1.82, 2.24) is 9.88 Å². The molecule has 2 atom stereocenters. The molecular formula is C20H20N7O7S+. The van der Waals surface area contributed by atoms with Gasteiger partial charge in [0.2, 0.25) is 11.8 Å². The van der Waals surface area contributed by atoms with Crippen molar-refractivity contribution >= 4 is 53.5 Å². The van der Waals surface area contributed by atoms with Crippen molar-refractivity contribution in [3.8, 4) is 0 Å². The second kappa shape index (κ2) is 9.46. The van der Waals surface area contributed by atoms with Crippen molar-refractivity contribution in [3.63, 3.8) is 0 Å². The number of rotatable bonds is 8. The van der Waals surface area contributed by atoms with Gasteiger partial charge in [-0.2, -0.15) is 4.98 Å². The summed E-state index contributed by atoms with van der Waals surface area (Å²) in [7, 11) is 1.26. The molecule has 3 amide bonds. The molecule has 2 aliphatic rings. The van der Waals surface area contributed by atoms with Crippen molar-refractivity contribution in [1.29, 1.82) is 0 Å². The number of anilines is 2. The zero-order valence-electron chi connectivity index (χ0n) is 18.2. The van der Waals surface area contributed by atoms with E-state index in [0.29, 0.717) is 0 Å². The summed E-state index contributed by atoms with van der Waals surface area (Å²) in [6, 6.07) is 2.74. The summed E-state index contributed by atoms with van der Waals surface area (Å²) >= 11 is 1.19. The number of hydrogen-bond acceptors (Lipinski definition) is 10. The number of fused-ring (bicyclic) bond motifs is 1. The number of oxime groups is 1. The normalized spacial score (nSPS) is 19.3. The average Bonchev–Trinajstić information content (AvgIpc) is 3.24. The summed E-state index contributed by atoms with van der Waals surface area (Å²) < 4.78 is 6.66. The number of nitrogen functional groups attached to an aromatic ring is 1. The smallest absolute Gasteiger partial charge is 0.352 e. The molecule has 2 aromatic heterocycles. The number of nitrogens with zero attached hydrogens (tertiary/aromatic N) is 5. The van der Waals surface area contributed by atoms with Gasteiger partial charge in [0.25, 0.3) is 11.9 Å². The van der Waals surface area contributed by atoms with Gasteiger partial charge in [-0.3, -0.25) is 24.2 Å². The molecule has 35 heavy (non-hydrogen) atoms. The van der Waals surface area contributed by atoms with Gasteiger partial charge < -0.3 is 25.8 Å². The number of hydrogen-bond donors (Lipinski definition) is 3. The van der Waals surface area contributed by atoms with E-state index in [0.717, 1.165) is 12.5 Å². The quantitative estimate of drug-likeness (QED) is 0.179. The number of carboxylic acid groups (broad SMARTS) is 1. The molecule has 15 heteroatoms. The molecule has 0 spiro atoms. The first-order valence-electron chi connectivity index (χ1n) is 10.0. The molecule has 2 aliphatic heterocycles. The molecule has 4 heterocycles.